The van der Waals surface area contributed by atoms with Crippen molar-refractivity contribution in [1.29, 1.82) is 0 Å². The molecule has 1 aliphatic rings. The molecular weight excluding hydrogens is 152 g/mol. The summed E-state index contributed by atoms with van der Waals surface area (Å²) < 4.78 is 0. The maximum absolute atomic E-state index is 5.45. The van der Waals surface area contributed by atoms with Gasteiger partial charge < -0.3 is 5.32 Å². The third-order valence-electron chi connectivity index (χ3n) is 2.55. The molecule has 0 amide bonds. The second-order valence-corrected chi connectivity index (χ2v) is 3.47. The van der Waals surface area contributed by atoms with Gasteiger partial charge in [0, 0.05) is 19.1 Å². The first-order chi connectivity index (χ1) is 5.77. The molecule has 1 heterocycles. The lowest BCUT2D eigenvalue weighted by atomic mass is 9.95. The minimum absolute atomic E-state index is 0.668. The van der Waals surface area contributed by atoms with E-state index >= 15 is 0 Å². The number of nitrogens with zero attached hydrogens (tertiary/aromatic N) is 1. The third-order valence-corrected chi connectivity index (χ3v) is 2.55. The number of nitrogens with one attached hydrogen (secondary N) is 1. The molecule has 1 saturated heterocycles. The van der Waals surface area contributed by atoms with Crippen LogP contribution >= 0.6 is 0 Å². The van der Waals surface area contributed by atoms with Crippen LogP contribution in [0.1, 0.15) is 20.3 Å². The van der Waals surface area contributed by atoms with Gasteiger partial charge in [0.05, 0.1) is 6.61 Å². The van der Waals surface area contributed by atoms with Gasteiger partial charge in [0.25, 0.3) is 0 Å². The normalized spacial score (nSPS) is 32.2. The van der Waals surface area contributed by atoms with Gasteiger partial charge in [-0.2, -0.15) is 5.06 Å². The molecule has 0 aromatic carbocycles. The van der Waals surface area contributed by atoms with E-state index < -0.39 is 0 Å². The zero-order valence-electron chi connectivity index (χ0n) is 8.34. The second kappa shape index (κ2) is 4.80. The van der Waals surface area contributed by atoms with Crippen LogP contribution in [0.2, 0.25) is 0 Å². The summed E-state index contributed by atoms with van der Waals surface area (Å²) >= 11 is 0. The number of hydrogen-bond donors (Lipinski definition) is 1. The topological polar surface area (TPSA) is 24.5 Å². The van der Waals surface area contributed by atoms with Gasteiger partial charge in [-0.15, -0.1) is 0 Å². The molecule has 1 N–H and O–H groups in total. The Kier molecular flexibility index (Phi) is 3.98. The van der Waals surface area contributed by atoms with Crippen molar-refractivity contribution in [1.82, 2.24) is 10.4 Å². The molecule has 1 fully saturated rings. The van der Waals surface area contributed by atoms with Crippen LogP contribution in [0.15, 0.2) is 0 Å². The van der Waals surface area contributed by atoms with E-state index in [2.05, 4.69) is 17.3 Å². The first-order valence-corrected chi connectivity index (χ1v) is 4.83. The molecule has 0 aliphatic carbocycles. The standard InChI is InChI=1S/C9H20N2O/c1-4-12-11-6-5-9(10-3)8(2)7-11/h8-10H,4-7H2,1-3H3. The van der Waals surface area contributed by atoms with E-state index in [0.717, 1.165) is 19.7 Å². The number of hydrogen-bond acceptors (Lipinski definition) is 3. The van der Waals surface area contributed by atoms with Crippen molar-refractivity contribution < 1.29 is 4.84 Å². The summed E-state index contributed by atoms with van der Waals surface area (Å²) in [6.07, 6.45) is 1.19. The van der Waals surface area contributed by atoms with Crippen LogP contribution in [-0.4, -0.2) is 37.8 Å². The largest absolute Gasteiger partial charge is 0.317 e. The summed E-state index contributed by atoms with van der Waals surface area (Å²) in [6, 6.07) is 0.668. The Labute approximate surface area is 75.0 Å². The Morgan fingerprint density at radius 3 is 2.83 bits per heavy atom. The molecule has 2 atom stereocenters. The van der Waals surface area contributed by atoms with Crippen LogP contribution in [0.4, 0.5) is 0 Å². The van der Waals surface area contributed by atoms with Crippen molar-refractivity contribution in [2.75, 3.05) is 26.7 Å². The van der Waals surface area contributed by atoms with E-state index in [4.69, 9.17) is 4.84 Å². The fourth-order valence-electron chi connectivity index (χ4n) is 1.84. The van der Waals surface area contributed by atoms with Gasteiger partial charge in [-0.25, -0.2) is 0 Å². The van der Waals surface area contributed by atoms with Gasteiger partial charge in [-0.3, -0.25) is 4.84 Å². The predicted molar refractivity (Wildman–Crippen MR) is 49.8 cm³/mol. The van der Waals surface area contributed by atoms with Crippen molar-refractivity contribution in [3.05, 3.63) is 0 Å². The minimum atomic E-state index is 0.668. The summed E-state index contributed by atoms with van der Waals surface area (Å²) in [5, 5.41) is 5.42. The lowest BCUT2D eigenvalue weighted by Crippen LogP contribution is -2.47. The van der Waals surface area contributed by atoms with Gasteiger partial charge in [-0.05, 0) is 26.3 Å². The molecule has 1 rings (SSSR count). The van der Waals surface area contributed by atoms with Crippen molar-refractivity contribution >= 4 is 0 Å². The van der Waals surface area contributed by atoms with Crippen LogP contribution in [0, 0.1) is 5.92 Å². The number of piperidine rings is 1. The van der Waals surface area contributed by atoms with E-state index in [1.54, 1.807) is 0 Å². The first-order valence-electron chi connectivity index (χ1n) is 4.83. The Morgan fingerprint density at radius 2 is 2.33 bits per heavy atom. The summed E-state index contributed by atoms with van der Waals surface area (Å²) in [6.45, 7) is 7.21. The third kappa shape index (κ3) is 2.44. The Morgan fingerprint density at radius 1 is 1.58 bits per heavy atom. The average Bonchev–Trinajstić information content (AvgIpc) is 2.05. The summed E-state index contributed by atoms with van der Waals surface area (Å²) in [5.74, 6) is 0.690. The fraction of sp³-hybridized carbons (Fsp3) is 1.00. The van der Waals surface area contributed by atoms with Gasteiger partial charge in [-0.1, -0.05) is 6.92 Å². The molecule has 0 radical (unpaired) electrons. The zero-order valence-corrected chi connectivity index (χ0v) is 8.34. The fourth-order valence-corrected chi connectivity index (χ4v) is 1.84. The molecule has 0 spiro atoms. The molecule has 1 aliphatic heterocycles. The molecule has 0 aromatic heterocycles. The van der Waals surface area contributed by atoms with Crippen molar-refractivity contribution in [2.45, 2.75) is 26.3 Å². The van der Waals surface area contributed by atoms with Crippen LogP contribution in [0.3, 0.4) is 0 Å². The predicted octanol–water partition coefficient (Wildman–Crippen LogP) is 0.868. The van der Waals surface area contributed by atoms with Gasteiger partial charge >= 0.3 is 0 Å². The van der Waals surface area contributed by atoms with E-state index in [-0.39, 0.29) is 0 Å². The molecule has 3 nitrogen and oxygen atoms in total. The molecule has 72 valence electrons. The maximum Gasteiger partial charge on any atom is 0.0656 e. The van der Waals surface area contributed by atoms with Crippen LogP contribution in [0.25, 0.3) is 0 Å². The van der Waals surface area contributed by atoms with Gasteiger partial charge in [0.1, 0.15) is 0 Å². The van der Waals surface area contributed by atoms with Crippen LogP contribution in [0.5, 0.6) is 0 Å². The Bertz CT molecular complexity index is 130. The molecule has 12 heavy (non-hydrogen) atoms. The van der Waals surface area contributed by atoms with Crippen molar-refractivity contribution in [3.8, 4) is 0 Å². The SMILES string of the molecule is CCON1CCC(NC)C(C)C1. The molecule has 0 saturated carbocycles. The quantitative estimate of drug-likeness (QED) is 0.683. The second-order valence-electron chi connectivity index (χ2n) is 3.47. The van der Waals surface area contributed by atoms with E-state index in [1.807, 2.05) is 14.0 Å². The van der Waals surface area contributed by atoms with Gasteiger partial charge in [0.2, 0.25) is 0 Å². The number of rotatable bonds is 3. The molecule has 0 bridgehead atoms. The monoisotopic (exact) mass is 172 g/mol. The highest BCUT2D eigenvalue weighted by atomic mass is 16.7. The zero-order chi connectivity index (χ0) is 8.97. The van der Waals surface area contributed by atoms with Crippen molar-refractivity contribution in [2.24, 2.45) is 5.92 Å². The lowest BCUT2D eigenvalue weighted by Gasteiger charge is -2.35. The Balaban J connectivity index is 2.30. The minimum Gasteiger partial charge on any atom is -0.317 e. The van der Waals surface area contributed by atoms with Gasteiger partial charge in [0.15, 0.2) is 0 Å². The highest BCUT2D eigenvalue weighted by Gasteiger charge is 2.24. The van der Waals surface area contributed by atoms with Crippen molar-refractivity contribution in [3.63, 3.8) is 0 Å². The molecule has 2 unspecified atom stereocenters. The summed E-state index contributed by atoms with van der Waals surface area (Å²) in [7, 11) is 2.04. The highest BCUT2D eigenvalue weighted by molar-refractivity contribution is 4.78. The Hall–Kier alpha value is -0.120. The average molecular weight is 172 g/mol. The maximum atomic E-state index is 5.45. The van der Waals surface area contributed by atoms with E-state index in [0.29, 0.717) is 12.0 Å². The number of hydroxylamine groups is 2. The van der Waals surface area contributed by atoms with E-state index in [9.17, 15) is 0 Å². The van der Waals surface area contributed by atoms with Crippen LogP contribution < -0.4 is 5.32 Å². The summed E-state index contributed by atoms with van der Waals surface area (Å²) in [4.78, 5) is 5.45. The van der Waals surface area contributed by atoms with E-state index in [1.165, 1.54) is 6.42 Å². The molecule has 3 heteroatoms. The lowest BCUT2D eigenvalue weighted by molar-refractivity contribution is -0.176. The highest BCUT2D eigenvalue weighted by Crippen LogP contribution is 2.16. The molecule has 0 aromatic rings. The molecular formula is C9H20N2O. The summed E-state index contributed by atoms with van der Waals surface area (Å²) in [5.41, 5.74) is 0. The van der Waals surface area contributed by atoms with Crippen LogP contribution in [-0.2, 0) is 4.84 Å². The first kappa shape index (κ1) is 9.96. The smallest absolute Gasteiger partial charge is 0.0656 e.